The van der Waals surface area contributed by atoms with Crippen molar-refractivity contribution in [1.29, 1.82) is 0 Å². The maximum Gasteiger partial charge on any atom is 0.254 e. The average Bonchev–Trinajstić information content (AvgIpc) is 2.46. The van der Waals surface area contributed by atoms with E-state index in [1.807, 2.05) is 36.9 Å². The fraction of sp³-hybridized carbons (Fsp3) is 0.588. The third kappa shape index (κ3) is 2.88. The molecule has 0 aromatic heterocycles. The van der Waals surface area contributed by atoms with Crippen LogP contribution in [0.25, 0.3) is 0 Å². The summed E-state index contributed by atoms with van der Waals surface area (Å²) in [5.74, 6) is 0.871. The van der Waals surface area contributed by atoms with Crippen LogP contribution in [0.4, 0.5) is 0 Å². The monoisotopic (exact) mass is 274 g/mol. The first-order valence-corrected chi connectivity index (χ1v) is 7.65. The van der Waals surface area contributed by atoms with Gasteiger partial charge in [-0.2, -0.15) is 0 Å². The van der Waals surface area contributed by atoms with Crippen molar-refractivity contribution in [2.75, 3.05) is 13.1 Å². The molecule has 1 aromatic carbocycles. The minimum Gasteiger partial charge on any atom is -0.334 e. The molecule has 1 heterocycles. The Bertz CT molecular complexity index is 464. The zero-order valence-electron chi connectivity index (χ0n) is 12.9. The van der Waals surface area contributed by atoms with Gasteiger partial charge in [-0.05, 0) is 43.7 Å². The molecule has 2 N–H and O–H groups in total. The molecule has 110 valence electrons. The first kappa shape index (κ1) is 15.0. The molecule has 2 rings (SSSR count). The lowest BCUT2D eigenvalue weighted by Gasteiger charge is -2.39. The second-order valence-corrected chi connectivity index (χ2v) is 5.95. The van der Waals surface area contributed by atoms with Crippen molar-refractivity contribution in [1.82, 2.24) is 4.90 Å². The average molecular weight is 274 g/mol. The van der Waals surface area contributed by atoms with E-state index in [0.717, 1.165) is 36.1 Å². The molecule has 1 aliphatic rings. The van der Waals surface area contributed by atoms with Gasteiger partial charge in [0.1, 0.15) is 0 Å². The fourth-order valence-corrected chi connectivity index (χ4v) is 3.29. The first-order chi connectivity index (χ1) is 9.58. The summed E-state index contributed by atoms with van der Waals surface area (Å²) in [5.41, 5.74) is 8.89. The second kappa shape index (κ2) is 6.40. The Hall–Kier alpha value is -1.35. The summed E-state index contributed by atoms with van der Waals surface area (Å²) in [6.07, 6.45) is 3.33. The van der Waals surface area contributed by atoms with Crippen LogP contribution < -0.4 is 5.73 Å². The molecule has 1 aromatic rings. The maximum absolute atomic E-state index is 12.9. The Morgan fingerprint density at radius 1 is 1.35 bits per heavy atom. The number of piperidine rings is 1. The van der Waals surface area contributed by atoms with Gasteiger partial charge in [0.05, 0.1) is 0 Å². The van der Waals surface area contributed by atoms with Crippen LogP contribution in [0, 0.1) is 19.8 Å². The molecule has 1 amide bonds. The summed E-state index contributed by atoms with van der Waals surface area (Å²) < 4.78 is 0. The second-order valence-electron chi connectivity index (χ2n) is 5.95. The molecular formula is C17H26N2O. The van der Waals surface area contributed by atoms with Crippen LogP contribution in [0.3, 0.4) is 0 Å². The molecule has 20 heavy (non-hydrogen) atoms. The SMILES string of the molecule is CCC1CCN(C(=O)c2c(C)cccc2C)C(CN)C1. The predicted octanol–water partition coefficient (Wildman–Crippen LogP) is 2.89. The number of carbonyl (C=O) groups excluding carboxylic acids is 1. The van der Waals surface area contributed by atoms with Gasteiger partial charge in [-0.1, -0.05) is 31.5 Å². The van der Waals surface area contributed by atoms with Crippen LogP contribution in [0.1, 0.15) is 47.7 Å². The summed E-state index contributed by atoms with van der Waals surface area (Å²) in [6, 6.07) is 6.22. The maximum atomic E-state index is 12.9. The molecule has 2 unspecified atom stereocenters. The van der Waals surface area contributed by atoms with Gasteiger partial charge in [0.15, 0.2) is 0 Å². The third-order valence-electron chi connectivity index (χ3n) is 4.63. The van der Waals surface area contributed by atoms with Crippen LogP contribution in [0.5, 0.6) is 0 Å². The number of carbonyl (C=O) groups is 1. The number of nitrogens with two attached hydrogens (primary N) is 1. The minimum absolute atomic E-state index is 0.158. The summed E-state index contributed by atoms with van der Waals surface area (Å²) in [6.45, 7) is 7.65. The Balaban J connectivity index is 2.24. The third-order valence-corrected chi connectivity index (χ3v) is 4.63. The minimum atomic E-state index is 0.158. The van der Waals surface area contributed by atoms with Crippen molar-refractivity contribution in [3.8, 4) is 0 Å². The summed E-state index contributed by atoms with van der Waals surface area (Å²) in [7, 11) is 0. The van der Waals surface area contributed by atoms with E-state index in [1.54, 1.807) is 0 Å². The predicted molar refractivity (Wildman–Crippen MR) is 82.8 cm³/mol. The van der Waals surface area contributed by atoms with Crippen molar-refractivity contribution in [2.45, 2.75) is 46.1 Å². The number of rotatable bonds is 3. The van der Waals surface area contributed by atoms with Crippen LogP contribution >= 0.6 is 0 Å². The highest BCUT2D eigenvalue weighted by atomic mass is 16.2. The van der Waals surface area contributed by atoms with Crippen LogP contribution in [-0.4, -0.2) is 29.9 Å². The van der Waals surface area contributed by atoms with E-state index in [4.69, 9.17) is 5.73 Å². The number of benzene rings is 1. The molecule has 3 nitrogen and oxygen atoms in total. The van der Waals surface area contributed by atoms with E-state index in [0.29, 0.717) is 12.5 Å². The summed E-state index contributed by atoms with van der Waals surface area (Å²) >= 11 is 0. The molecule has 0 spiro atoms. The van der Waals surface area contributed by atoms with E-state index in [2.05, 4.69) is 6.92 Å². The van der Waals surface area contributed by atoms with Crippen molar-refractivity contribution in [2.24, 2.45) is 11.7 Å². The number of aryl methyl sites for hydroxylation is 2. The highest BCUT2D eigenvalue weighted by Crippen LogP contribution is 2.27. The lowest BCUT2D eigenvalue weighted by atomic mass is 9.88. The van der Waals surface area contributed by atoms with Crippen LogP contribution in [-0.2, 0) is 0 Å². The van der Waals surface area contributed by atoms with E-state index in [9.17, 15) is 4.79 Å². The van der Waals surface area contributed by atoms with E-state index < -0.39 is 0 Å². The number of hydrogen-bond acceptors (Lipinski definition) is 2. The van der Waals surface area contributed by atoms with Crippen molar-refractivity contribution in [3.05, 3.63) is 34.9 Å². The van der Waals surface area contributed by atoms with Gasteiger partial charge in [-0.3, -0.25) is 4.79 Å². The van der Waals surface area contributed by atoms with Crippen molar-refractivity contribution in [3.63, 3.8) is 0 Å². The van der Waals surface area contributed by atoms with Crippen LogP contribution in [0.2, 0.25) is 0 Å². The van der Waals surface area contributed by atoms with Crippen molar-refractivity contribution < 1.29 is 4.79 Å². The molecule has 0 radical (unpaired) electrons. The molecule has 1 fully saturated rings. The summed E-state index contributed by atoms with van der Waals surface area (Å²) in [5, 5.41) is 0. The zero-order chi connectivity index (χ0) is 14.7. The van der Waals surface area contributed by atoms with E-state index in [-0.39, 0.29) is 11.9 Å². The van der Waals surface area contributed by atoms with Gasteiger partial charge in [0, 0.05) is 24.7 Å². The van der Waals surface area contributed by atoms with Gasteiger partial charge in [-0.25, -0.2) is 0 Å². The highest BCUT2D eigenvalue weighted by molar-refractivity contribution is 5.97. The van der Waals surface area contributed by atoms with Gasteiger partial charge in [-0.15, -0.1) is 0 Å². The molecule has 1 aliphatic heterocycles. The molecule has 1 saturated heterocycles. The van der Waals surface area contributed by atoms with Crippen LogP contribution in [0.15, 0.2) is 18.2 Å². The van der Waals surface area contributed by atoms with Gasteiger partial charge in [0.2, 0.25) is 0 Å². The molecular weight excluding hydrogens is 248 g/mol. The summed E-state index contributed by atoms with van der Waals surface area (Å²) in [4.78, 5) is 14.9. The number of amides is 1. The number of likely N-dealkylation sites (tertiary alicyclic amines) is 1. The van der Waals surface area contributed by atoms with Crippen molar-refractivity contribution >= 4 is 5.91 Å². The lowest BCUT2D eigenvalue weighted by molar-refractivity contribution is 0.0557. The Kier molecular flexibility index (Phi) is 4.81. The molecule has 0 bridgehead atoms. The quantitative estimate of drug-likeness (QED) is 0.921. The number of hydrogen-bond donors (Lipinski definition) is 1. The Labute approximate surface area is 122 Å². The topological polar surface area (TPSA) is 46.3 Å². The van der Waals surface area contributed by atoms with Gasteiger partial charge < -0.3 is 10.6 Å². The molecule has 0 aliphatic carbocycles. The Morgan fingerprint density at radius 2 is 2.00 bits per heavy atom. The molecule has 2 atom stereocenters. The smallest absolute Gasteiger partial charge is 0.254 e. The van der Waals surface area contributed by atoms with Gasteiger partial charge >= 0.3 is 0 Å². The largest absolute Gasteiger partial charge is 0.334 e. The first-order valence-electron chi connectivity index (χ1n) is 7.65. The standard InChI is InChI=1S/C17H26N2O/c1-4-14-8-9-19(15(10-14)11-18)17(20)16-12(2)6-5-7-13(16)3/h5-7,14-15H,4,8-11,18H2,1-3H3. The fourth-order valence-electron chi connectivity index (χ4n) is 3.29. The highest BCUT2D eigenvalue weighted by Gasteiger charge is 2.31. The number of nitrogens with zero attached hydrogens (tertiary/aromatic N) is 1. The molecule has 3 heteroatoms. The Morgan fingerprint density at radius 3 is 2.55 bits per heavy atom. The zero-order valence-corrected chi connectivity index (χ0v) is 12.9. The van der Waals surface area contributed by atoms with Gasteiger partial charge in [0.25, 0.3) is 5.91 Å². The molecule has 0 saturated carbocycles. The van der Waals surface area contributed by atoms with E-state index in [1.165, 1.54) is 6.42 Å². The normalized spacial score (nSPS) is 22.9. The van der Waals surface area contributed by atoms with E-state index >= 15 is 0 Å². The lowest BCUT2D eigenvalue weighted by Crippen LogP contribution is -2.49.